The molecule has 5 nitrogen and oxygen atoms in total. The van der Waals surface area contributed by atoms with Gasteiger partial charge in [0, 0.05) is 6.42 Å². The van der Waals surface area contributed by atoms with Crippen molar-refractivity contribution in [3.8, 4) is 0 Å². The van der Waals surface area contributed by atoms with E-state index in [-0.39, 0.29) is 12.0 Å². The molecule has 0 aliphatic carbocycles. The van der Waals surface area contributed by atoms with Gasteiger partial charge in [-0.2, -0.15) is 0 Å². The van der Waals surface area contributed by atoms with Gasteiger partial charge in [0.15, 0.2) is 0 Å². The minimum atomic E-state index is -0.349. The number of anilines is 1. The monoisotopic (exact) mass is 289 g/mol. The maximum atomic E-state index is 12.3. The molecule has 0 fully saturated rings. The van der Waals surface area contributed by atoms with E-state index < -0.39 is 0 Å². The van der Waals surface area contributed by atoms with Crippen molar-refractivity contribution < 1.29 is 9.53 Å². The second-order valence-electron chi connectivity index (χ2n) is 5.04. The number of para-hydroxylation sites is 1. The Morgan fingerprint density at radius 3 is 2.76 bits per heavy atom. The van der Waals surface area contributed by atoms with Crippen LogP contribution < -0.4 is 5.73 Å². The van der Waals surface area contributed by atoms with Crippen molar-refractivity contribution in [3.05, 3.63) is 24.0 Å². The molecule has 1 aromatic heterocycles. The number of fused-ring (bicyclic) bond motifs is 1. The Morgan fingerprint density at radius 1 is 1.38 bits per heavy atom. The summed E-state index contributed by atoms with van der Waals surface area (Å²) in [5, 5.41) is 0. The second kappa shape index (κ2) is 6.61. The Bertz CT molecular complexity index is 634. The molecular formula is C16H23N3O2. The highest BCUT2D eigenvalue weighted by molar-refractivity contribution is 5.89. The number of aromatic nitrogens is 2. The van der Waals surface area contributed by atoms with E-state index in [2.05, 4.69) is 11.9 Å². The van der Waals surface area contributed by atoms with E-state index in [0.717, 1.165) is 29.7 Å². The Balaban J connectivity index is 2.60. The SMILES string of the molecule is CCCc1nc2c(N)cccc2n1C(CC)C(=O)OCC. The van der Waals surface area contributed by atoms with Crippen LogP contribution >= 0.6 is 0 Å². The van der Waals surface area contributed by atoms with Gasteiger partial charge >= 0.3 is 5.97 Å². The number of carbonyl (C=O) groups excluding carboxylic acids is 1. The predicted octanol–water partition coefficient (Wildman–Crippen LogP) is 3.09. The van der Waals surface area contributed by atoms with Crippen LogP contribution in [0.25, 0.3) is 11.0 Å². The Labute approximate surface area is 125 Å². The molecule has 0 bridgehead atoms. The molecule has 1 aromatic carbocycles. The number of imidazole rings is 1. The number of hydrogen-bond acceptors (Lipinski definition) is 4. The third kappa shape index (κ3) is 2.86. The maximum absolute atomic E-state index is 12.3. The normalized spacial score (nSPS) is 12.5. The van der Waals surface area contributed by atoms with Gasteiger partial charge in [-0.3, -0.25) is 0 Å². The highest BCUT2D eigenvalue weighted by Crippen LogP contribution is 2.28. The first-order valence-corrected chi connectivity index (χ1v) is 7.55. The fourth-order valence-electron chi connectivity index (χ4n) is 2.63. The van der Waals surface area contributed by atoms with Crippen LogP contribution in [0.2, 0.25) is 0 Å². The van der Waals surface area contributed by atoms with Crippen LogP contribution in [0, 0.1) is 0 Å². The number of carbonyl (C=O) groups is 1. The van der Waals surface area contributed by atoms with Crippen molar-refractivity contribution in [1.82, 2.24) is 9.55 Å². The number of nitrogen functional groups attached to an aromatic ring is 1. The third-order valence-corrected chi connectivity index (χ3v) is 3.56. The van der Waals surface area contributed by atoms with Crippen LogP contribution in [-0.4, -0.2) is 22.1 Å². The van der Waals surface area contributed by atoms with Crippen LogP contribution in [0.5, 0.6) is 0 Å². The van der Waals surface area contributed by atoms with Crippen molar-refractivity contribution in [2.24, 2.45) is 0 Å². The summed E-state index contributed by atoms with van der Waals surface area (Å²) in [6.45, 7) is 6.28. The summed E-state index contributed by atoms with van der Waals surface area (Å²) in [6, 6.07) is 5.34. The van der Waals surface area contributed by atoms with Crippen molar-refractivity contribution in [2.75, 3.05) is 12.3 Å². The van der Waals surface area contributed by atoms with E-state index in [9.17, 15) is 4.79 Å². The van der Waals surface area contributed by atoms with Gasteiger partial charge in [0.25, 0.3) is 0 Å². The summed E-state index contributed by atoms with van der Waals surface area (Å²) >= 11 is 0. The molecule has 0 radical (unpaired) electrons. The van der Waals surface area contributed by atoms with Gasteiger partial charge in [0.05, 0.1) is 17.8 Å². The molecule has 0 amide bonds. The van der Waals surface area contributed by atoms with Gasteiger partial charge in [-0.1, -0.05) is 19.9 Å². The summed E-state index contributed by atoms with van der Waals surface area (Å²) in [7, 11) is 0. The van der Waals surface area contributed by atoms with Crippen molar-refractivity contribution in [3.63, 3.8) is 0 Å². The number of aryl methyl sites for hydroxylation is 1. The molecule has 1 heterocycles. The molecule has 2 N–H and O–H groups in total. The lowest BCUT2D eigenvalue weighted by Crippen LogP contribution is -2.23. The Kier molecular flexibility index (Phi) is 4.83. The molecule has 2 rings (SSSR count). The quantitative estimate of drug-likeness (QED) is 0.655. The minimum absolute atomic E-state index is 0.209. The third-order valence-electron chi connectivity index (χ3n) is 3.56. The van der Waals surface area contributed by atoms with Gasteiger partial charge in [-0.15, -0.1) is 0 Å². The average molecular weight is 289 g/mol. The zero-order valence-electron chi connectivity index (χ0n) is 12.9. The molecular weight excluding hydrogens is 266 g/mol. The van der Waals surface area contributed by atoms with Crippen molar-refractivity contribution in [2.45, 2.75) is 46.1 Å². The Morgan fingerprint density at radius 2 is 2.14 bits per heavy atom. The van der Waals surface area contributed by atoms with Crippen LogP contribution in [0.4, 0.5) is 5.69 Å². The Hall–Kier alpha value is -2.04. The number of esters is 1. The van der Waals surface area contributed by atoms with Crippen LogP contribution in [0.15, 0.2) is 18.2 Å². The lowest BCUT2D eigenvalue weighted by molar-refractivity contribution is -0.147. The molecule has 0 saturated carbocycles. The first kappa shape index (κ1) is 15.4. The molecule has 1 unspecified atom stereocenters. The highest BCUT2D eigenvalue weighted by Gasteiger charge is 2.25. The van der Waals surface area contributed by atoms with E-state index in [4.69, 9.17) is 10.5 Å². The van der Waals surface area contributed by atoms with E-state index in [0.29, 0.717) is 18.7 Å². The lowest BCUT2D eigenvalue weighted by Gasteiger charge is -2.18. The topological polar surface area (TPSA) is 70.1 Å². The fourth-order valence-corrected chi connectivity index (χ4v) is 2.63. The molecule has 114 valence electrons. The number of nitrogens with zero attached hydrogens (tertiary/aromatic N) is 2. The van der Waals surface area contributed by atoms with E-state index in [1.165, 1.54) is 0 Å². The molecule has 5 heteroatoms. The predicted molar refractivity (Wildman–Crippen MR) is 84.1 cm³/mol. The van der Waals surface area contributed by atoms with Gasteiger partial charge in [0.1, 0.15) is 17.4 Å². The molecule has 0 aliphatic rings. The van der Waals surface area contributed by atoms with Gasteiger partial charge in [0.2, 0.25) is 0 Å². The van der Waals surface area contributed by atoms with Crippen LogP contribution in [0.3, 0.4) is 0 Å². The standard InChI is InChI=1S/C16H23N3O2/c1-4-8-14-18-15-11(17)9-7-10-13(15)19(14)12(5-2)16(20)21-6-3/h7,9-10,12H,4-6,8,17H2,1-3H3. The smallest absolute Gasteiger partial charge is 0.329 e. The molecule has 1 atom stereocenters. The average Bonchev–Trinajstić information content (AvgIpc) is 2.81. The largest absolute Gasteiger partial charge is 0.464 e. The highest BCUT2D eigenvalue weighted by atomic mass is 16.5. The van der Waals surface area contributed by atoms with E-state index in [1.54, 1.807) is 0 Å². The molecule has 2 aromatic rings. The zero-order chi connectivity index (χ0) is 15.4. The maximum Gasteiger partial charge on any atom is 0.329 e. The number of rotatable bonds is 6. The summed E-state index contributed by atoms with van der Waals surface area (Å²) in [6.07, 6.45) is 2.43. The fraction of sp³-hybridized carbons (Fsp3) is 0.500. The molecule has 0 saturated heterocycles. The summed E-state index contributed by atoms with van der Waals surface area (Å²) in [5.41, 5.74) is 8.33. The van der Waals surface area contributed by atoms with Gasteiger partial charge < -0.3 is 15.0 Å². The van der Waals surface area contributed by atoms with Gasteiger partial charge in [-0.05, 0) is 31.9 Å². The number of ether oxygens (including phenoxy) is 1. The number of nitrogens with two attached hydrogens (primary N) is 1. The summed E-state index contributed by atoms with van der Waals surface area (Å²) < 4.78 is 7.21. The lowest BCUT2D eigenvalue weighted by atomic mass is 10.2. The molecule has 0 aliphatic heterocycles. The van der Waals surface area contributed by atoms with E-state index >= 15 is 0 Å². The van der Waals surface area contributed by atoms with E-state index in [1.807, 2.05) is 36.6 Å². The number of hydrogen-bond donors (Lipinski definition) is 1. The van der Waals surface area contributed by atoms with Crippen molar-refractivity contribution >= 4 is 22.7 Å². The second-order valence-corrected chi connectivity index (χ2v) is 5.04. The molecule has 21 heavy (non-hydrogen) atoms. The minimum Gasteiger partial charge on any atom is -0.464 e. The molecule has 0 spiro atoms. The van der Waals surface area contributed by atoms with Gasteiger partial charge in [-0.25, -0.2) is 9.78 Å². The van der Waals surface area contributed by atoms with Crippen LogP contribution in [-0.2, 0) is 16.0 Å². The first-order valence-electron chi connectivity index (χ1n) is 7.55. The zero-order valence-corrected chi connectivity index (χ0v) is 12.9. The van der Waals surface area contributed by atoms with Crippen LogP contribution in [0.1, 0.15) is 45.5 Å². The summed E-state index contributed by atoms with van der Waals surface area (Å²) in [4.78, 5) is 16.9. The number of benzene rings is 1. The first-order chi connectivity index (χ1) is 10.1. The summed E-state index contributed by atoms with van der Waals surface area (Å²) in [5.74, 6) is 0.685. The van der Waals surface area contributed by atoms with Crippen molar-refractivity contribution in [1.29, 1.82) is 0 Å².